The van der Waals surface area contributed by atoms with E-state index in [1.54, 1.807) is 11.3 Å². The van der Waals surface area contributed by atoms with Crippen LogP contribution in [0.3, 0.4) is 0 Å². The molecule has 0 bridgehead atoms. The number of benzene rings is 1. The van der Waals surface area contributed by atoms with Gasteiger partial charge in [-0.1, -0.05) is 46.3 Å². The highest BCUT2D eigenvalue weighted by Crippen LogP contribution is 2.43. The lowest BCUT2D eigenvalue weighted by atomic mass is 9.97. The Bertz CT molecular complexity index is 697. The molecule has 2 aromatic rings. The SMILES string of the molecule is Cc1cc(C2=C(c3ccccc3)C(=O)CC2Br)c(C)s1. The molecule has 0 radical (unpaired) electrons. The van der Waals surface area contributed by atoms with Crippen molar-refractivity contribution >= 4 is 44.2 Å². The van der Waals surface area contributed by atoms with Gasteiger partial charge in [-0.05, 0) is 36.6 Å². The zero-order chi connectivity index (χ0) is 14.3. The van der Waals surface area contributed by atoms with Crippen molar-refractivity contribution in [1.29, 1.82) is 0 Å². The van der Waals surface area contributed by atoms with Crippen LogP contribution in [0.15, 0.2) is 36.4 Å². The molecule has 1 nitrogen and oxygen atoms in total. The van der Waals surface area contributed by atoms with Crippen LogP contribution in [0, 0.1) is 13.8 Å². The third-order valence-electron chi connectivity index (χ3n) is 3.62. The van der Waals surface area contributed by atoms with E-state index in [4.69, 9.17) is 0 Å². The lowest BCUT2D eigenvalue weighted by Crippen LogP contribution is -1.97. The lowest BCUT2D eigenvalue weighted by Gasteiger charge is -2.09. The summed E-state index contributed by atoms with van der Waals surface area (Å²) in [5, 5.41) is 0. The third-order valence-corrected chi connectivity index (χ3v) is 5.37. The van der Waals surface area contributed by atoms with E-state index in [0.717, 1.165) is 16.7 Å². The molecule has 1 aromatic carbocycles. The fourth-order valence-corrected chi connectivity index (χ4v) is 4.50. The van der Waals surface area contributed by atoms with Crippen LogP contribution >= 0.6 is 27.3 Å². The molecule has 3 rings (SSSR count). The van der Waals surface area contributed by atoms with Gasteiger partial charge in [-0.25, -0.2) is 0 Å². The molecule has 1 unspecified atom stereocenters. The van der Waals surface area contributed by atoms with Crippen molar-refractivity contribution in [3.63, 3.8) is 0 Å². The van der Waals surface area contributed by atoms with Gasteiger partial charge in [0.25, 0.3) is 0 Å². The predicted octanol–water partition coefficient (Wildman–Crippen LogP) is 5.01. The number of carbonyl (C=O) groups excluding carboxylic acids is 1. The molecule has 102 valence electrons. The molecule has 3 heteroatoms. The van der Waals surface area contributed by atoms with E-state index in [9.17, 15) is 4.79 Å². The molecular weight excluding hydrogens is 332 g/mol. The molecule has 0 spiro atoms. The number of hydrogen-bond acceptors (Lipinski definition) is 2. The summed E-state index contributed by atoms with van der Waals surface area (Å²) in [5.41, 5.74) is 4.29. The second-order valence-electron chi connectivity index (χ2n) is 5.08. The monoisotopic (exact) mass is 346 g/mol. The average Bonchev–Trinajstić information content (AvgIpc) is 2.89. The molecule has 0 N–H and O–H groups in total. The van der Waals surface area contributed by atoms with Crippen molar-refractivity contribution in [1.82, 2.24) is 0 Å². The summed E-state index contributed by atoms with van der Waals surface area (Å²) in [7, 11) is 0. The second kappa shape index (κ2) is 5.30. The van der Waals surface area contributed by atoms with Crippen LogP contribution in [-0.4, -0.2) is 10.6 Å². The first kappa shape index (κ1) is 13.8. The van der Waals surface area contributed by atoms with E-state index in [1.807, 2.05) is 30.3 Å². The number of hydrogen-bond donors (Lipinski definition) is 0. The maximum absolute atomic E-state index is 12.4. The minimum atomic E-state index is 0.123. The minimum Gasteiger partial charge on any atom is -0.294 e. The Morgan fingerprint density at radius 2 is 1.90 bits per heavy atom. The summed E-state index contributed by atoms with van der Waals surface area (Å²) in [5.74, 6) is 0.233. The first-order valence-electron chi connectivity index (χ1n) is 6.62. The molecule has 1 aromatic heterocycles. The summed E-state index contributed by atoms with van der Waals surface area (Å²) in [6.07, 6.45) is 0.549. The molecule has 0 amide bonds. The van der Waals surface area contributed by atoms with Crippen LogP contribution < -0.4 is 0 Å². The maximum Gasteiger partial charge on any atom is 0.165 e. The molecule has 1 aliphatic rings. The van der Waals surface area contributed by atoms with Crippen LogP contribution in [0.5, 0.6) is 0 Å². The van der Waals surface area contributed by atoms with Gasteiger partial charge in [-0.3, -0.25) is 4.79 Å². The highest BCUT2D eigenvalue weighted by molar-refractivity contribution is 9.09. The largest absolute Gasteiger partial charge is 0.294 e. The van der Waals surface area contributed by atoms with Crippen molar-refractivity contribution in [2.24, 2.45) is 0 Å². The fraction of sp³-hybridized carbons (Fsp3) is 0.235. The number of allylic oxidation sites excluding steroid dienone is 2. The summed E-state index contributed by atoms with van der Waals surface area (Å²) in [6, 6.07) is 12.2. The number of thiophene rings is 1. The number of carbonyl (C=O) groups is 1. The zero-order valence-electron chi connectivity index (χ0n) is 11.4. The van der Waals surface area contributed by atoms with Crippen molar-refractivity contribution < 1.29 is 4.79 Å². The van der Waals surface area contributed by atoms with Crippen molar-refractivity contribution in [2.45, 2.75) is 25.1 Å². The smallest absolute Gasteiger partial charge is 0.165 e. The van der Waals surface area contributed by atoms with E-state index in [2.05, 4.69) is 35.8 Å². The van der Waals surface area contributed by atoms with Crippen LogP contribution in [0.1, 0.15) is 27.3 Å². The van der Waals surface area contributed by atoms with Crippen molar-refractivity contribution in [3.8, 4) is 0 Å². The highest BCUT2D eigenvalue weighted by atomic mass is 79.9. The van der Waals surface area contributed by atoms with E-state index in [-0.39, 0.29) is 10.6 Å². The van der Waals surface area contributed by atoms with Gasteiger partial charge in [0.1, 0.15) is 0 Å². The molecule has 0 aliphatic heterocycles. The highest BCUT2D eigenvalue weighted by Gasteiger charge is 2.33. The molecule has 0 saturated carbocycles. The van der Waals surface area contributed by atoms with E-state index >= 15 is 0 Å². The molecule has 0 saturated heterocycles. The molecule has 20 heavy (non-hydrogen) atoms. The number of alkyl halides is 1. The standard InChI is InChI=1S/C17H15BrOS/c1-10-8-13(11(2)20-10)17-14(18)9-15(19)16(17)12-6-4-3-5-7-12/h3-8,14H,9H2,1-2H3. The molecular formula is C17H15BrOS. The van der Waals surface area contributed by atoms with Gasteiger partial charge in [0.2, 0.25) is 0 Å². The van der Waals surface area contributed by atoms with Crippen LogP contribution in [-0.2, 0) is 4.79 Å². The van der Waals surface area contributed by atoms with Crippen molar-refractivity contribution in [2.75, 3.05) is 0 Å². The summed E-state index contributed by atoms with van der Waals surface area (Å²) < 4.78 is 0. The van der Waals surface area contributed by atoms with E-state index in [1.165, 1.54) is 15.3 Å². The third kappa shape index (κ3) is 2.29. The average molecular weight is 347 g/mol. The number of ketones is 1. The lowest BCUT2D eigenvalue weighted by molar-refractivity contribution is -0.113. The topological polar surface area (TPSA) is 17.1 Å². The van der Waals surface area contributed by atoms with Gasteiger partial charge >= 0.3 is 0 Å². The van der Waals surface area contributed by atoms with Gasteiger partial charge < -0.3 is 0 Å². The Kier molecular flexibility index (Phi) is 3.65. The number of rotatable bonds is 2. The summed E-state index contributed by atoms with van der Waals surface area (Å²) in [6.45, 7) is 4.25. The Balaban J connectivity index is 2.24. The van der Waals surface area contributed by atoms with Crippen LogP contribution in [0.2, 0.25) is 0 Å². The second-order valence-corrected chi connectivity index (χ2v) is 7.64. The predicted molar refractivity (Wildman–Crippen MR) is 89.4 cm³/mol. The first-order chi connectivity index (χ1) is 9.58. The van der Waals surface area contributed by atoms with Gasteiger partial charge in [-0.15, -0.1) is 11.3 Å². The Morgan fingerprint density at radius 1 is 1.20 bits per heavy atom. The maximum atomic E-state index is 12.4. The first-order valence-corrected chi connectivity index (χ1v) is 8.35. The van der Waals surface area contributed by atoms with E-state index in [0.29, 0.717) is 6.42 Å². The van der Waals surface area contributed by atoms with Crippen LogP contribution in [0.25, 0.3) is 11.1 Å². The Labute approximate surface area is 131 Å². The Morgan fingerprint density at radius 3 is 2.50 bits per heavy atom. The quantitative estimate of drug-likeness (QED) is 0.698. The van der Waals surface area contributed by atoms with Gasteiger partial charge in [0.05, 0.1) is 0 Å². The van der Waals surface area contributed by atoms with Gasteiger partial charge in [-0.2, -0.15) is 0 Å². The molecule has 0 fully saturated rings. The minimum absolute atomic E-state index is 0.123. The number of Topliss-reactive ketones (excluding diaryl/α,β-unsaturated/α-hetero) is 1. The molecule has 1 atom stereocenters. The van der Waals surface area contributed by atoms with Crippen LogP contribution in [0.4, 0.5) is 0 Å². The number of halogens is 1. The number of aryl methyl sites for hydroxylation is 2. The van der Waals surface area contributed by atoms with Gasteiger partial charge in [0.15, 0.2) is 5.78 Å². The molecule has 1 aliphatic carbocycles. The van der Waals surface area contributed by atoms with Gasteiger partial charge in [0, 0.05) is 26.6 Å². The summed E-state index contributed by atoms with van der Waals surface area (Å²) in [4.78, 5) is 15.1. The van der Waals surface area contributed by atoms with E-state index < -0.39 is 0 Å². The zero-order valence-corrected chi connectivity index (χ0v) is 13.8. The fourth-order valence-electron chi connectivity index (χ4n) is 2.80. The molecule has 1 heterocycles. The Hall–Kier alpha value is -1.19. The summed E-state index contributed by atoms with van der Waals surface area (Å²) >= 11 is 5.48. The normalized spacial score (nSPS) is 18.9. The van der Waals surface area contributed by atoms with Crippen molar-refractivity contribution in [3.05, 3.63) is 57.3 Å².